The van der Waals surface area contributed by atoms with Crippen LogP contribution in [0.25, 0.3) is 0 Å². The first-order valence-electron chi connectivity index (χ1n) is 9.94. The highest BCUT2D eigenvalue weighted by Gasteiger charge is 2.21. The van der Waals surface area contributed by atoms with Crippen molar-refractivity contribution >= 4 is 44.8 Å². The summed E-state index contributed by atoms with van der Waals surface area (Å²) < 4.78 is 24.9. The predicted octanol–water partition coefficient (Wildman–Crippen LogP) is 2.88. The first-order chi connectivity index (χ1) is 15.3. The quantitative estimate of drug-likeness (QED) is 0.413. The van der Waals surface area contributed by atoms with E-state index in [2.05, 4.69) is 15.6 Å². The summed E-state index contributed by atoms with van der Waals surface area (Å²) in [7, 11) is -2.00. The van der Waals surface area contributed by atoms with Gasteiger partial charge in [-0.3, -0.25) is 15.1 Å². The minimum atomic E-state index is -3.71. The summed E-state index contributed by atoms with van der Waals surface area (Å²) in [5.74, 6) is 0.363. The first-order valence-corrected chi connectivity index (χ1v) is 12.4. The Labute approximate surface area is 198 Å². The van der Waals surface area contributed by atoms with Crippen molar-refractivity contribution in [1.82, 2.24) is 15.5 Å². The molecule has 1 aliphatic heterocycles. The largest absolute Gasteiger partial charge is 0.368 e. The molecule has 32 heavy (non-hydrogen) atoms. The van der Waals surface area contributed by atoms with E-state index in [0.717, 1.165) is 30.1 Å². The lowest BCUT2D eigenvalue weighted by Crippen LogP contribution is -2.26. The molecule has 0 unspecified atom stereocenters. The van der Waals surface area contributed by atoms with Crippen LogP contribution in [-0.4, -0.2) is 57.6 Å². The zero-order valence-corrected chi connectivity index (χ0v) is 19.8. The molecule has 170 valence electrons. The van der Waals surface area contributed by atoms with Crippen LogP contribution < -0.4 is 10.6 Å². The van der Waals surface area contributed by atoms with E-state index < -0.39 is 9.84 Å². The maximum Gasteiger partial charge on any atom is 0.246 e. The molecule has 0 aliphatic carbocycles. The fourth-order valence-electron chi connectivity index (χ4n) is 3.13. The average molecular weight is 495 g/mol. The van der Waals surface area contributed by atoms with Gasteiger partial charge in [-0.2, -0.15) is 0 Å². The van der Waals surface area contributed by atoms with Crippen LogP contribution in [0.2, 0.25) is 10.0 Å². The molecule has 3 rings (SSSR count). The molecule has 1 heterocycles. The molecule has 0 spiro atoms. The topological polar surface area (TPSA) is 90.9 Å². The minimum absolute atomic E-state index is 0.0761. The van der Waals surface area contributed by atoms with Gasteiger partial charge in [0.2, 0.25) is 5.91 Å². The van der Waals surface area contributed by atoms with E-state index in [-0.39, 0.29) is 33.3 Å². The molecule has 0 aromatic heterocycles. The van der Waals surface area contributed by atoms with E-state index >= 15 is 0 Å². The van der Waals surface area contributed by atoms with Crippen LogP contribution >= 0.6 is 23.2 Å². The van der Waals surface area contributed by atoms with Gasteiger partial charge in [0.05, 0.1) is 16.6 Å². The van der Waals surface area contributed by atoms with E-state index in [1.807, 2.05) is 24.3 Å². The molecule has 0 radical (unpaired) electrons. The van der Waals surface area contributed by atoms with E-state index in [4.69, 9.17) is 23.2 Å². The molecule has 1 aliphatic rings. The molecule has 7 nitrogen and oxygen atoms in total. The van der Waals surface area contributed by atoms with Crippen molar-refractivity contribution in [3.05, 3.63) is 75.8 Å². The second kappa shape index (κ2) is 11.0. The first kappa shape index (κ1) is 24.3. The number of amides is 1. The molecule has 0 saturated carbocycles. The summed E-state index contributed by atoms with van der Waals surface area (Å²) in [5, 5.41) is 6.16. The monoisotopic (exact) mass is 494 g/mol. The average Bonchev–Trinajstić information content (AvgIpc) is 3.28. The third kappa shape index (κ3) is 6.32. The van der Waals surface area contributed by atoms with Crippen molar-refractivity contribution in [3.63, 3.8) is 0 Å². The second-order valence-electron chi connectivity index (χ2n) is 7.21. The van der Waals surface area contributed by atoms with Crippen molar-refractivity contribution in [2.24, 2.45) is 4.99 Å². The number of hydrogen-bond acceptors (Lipinski definition) is 6. The Kier molecular flexibility index (Phi) is 8.31. The molecule has 10 heteroatoms. The Balaban J connectivity index is 1.46. The van der Waals surface area contributed by atoms with Crippen LogP contribution in [-0.2, 0) is 21.2 Å². The van der Waals surface area contributed by atoms with Crippen molar-refractivity contribution in [1.29, 1.82) is 0 Å². The number of hydrogen-bond donors (Lipinski definition) is 2. The van der Waals surface area contributed by atoms with Gasteiger partial charge in [0.25, 0.3) is 0 Å². The Bertz CT molecular complexity index is 1110. The number of nitrogens with one attached hydrogen (secondary N) is 2. The van der Waals surface area contributed by atoms with Crippen LogP contribution in [0.3, 0.4) is 0 Å². The van der Waals surface area contributed by atoms with Gasteiger partial charge in [-0.1, -0.05) is 59.6 Å². The van der Waals surface area contributed by atoms with Gasteiger partial charge in [-0.05, 0) is 17.7 Å². The highest BCUT2D eigenvalue weighted by atomic mass is 35.5. The lowest BCUT2D eigenvalue weighted by molar-refractivity contribution is -0.125. The van der Waals surface area contributed by atoms with Crippen molar-refractivity contribution in [2.75, 3.05) is 32.6 Å². The zero-order valence-electron chi connectivity index (χ0n) is 17.5. The number of sulfone groups is 1. The summed E-state index contributed by atoms with van der Waals surface area (Å²) in [4.78, 5) is 18.2. The van der Waals surface area contributed by atoms with Gasteiger partial charge in [0.1, 0.15) is 16.6 Å². The second-order valence-corrected chi connectivity index (χ2v) is 9.96. The van der Waals surface area contributed by atoms with Crippen LogP contribution in [0.15, 0.2) is 64.5 Å². The molecular formula is C22H24Cl2N4O3S. The standard InChI is InChI=1S/C22H24Cl2N4O3S/c1-28(14-16-7-9-17(10-8-16)22-26-12-13-27-22)20(29)6-3-11-25-15-32(30,31)21-18(23)4-2-5-19(21)24/h2-10,25H,11-15H2,1H3,(H,26,27)/b6-3+. The molecule has 2 aromatic carbocycles. The van der Waals surface area contributed by atoms with Gasteiger partial charge >= 0.3 is 0 Å². The predicted molar refractivity (Wildman–Crippen MR) is 128 cm³/mol. The van der Waals surface area contributed by atoms with Crippen molar-refractivity contribution in [3.8, 4) is 0 Å². The number of aliphatic imine (C=N–C) groups is 1. The van der Waals surface area contributed by atoms with Crippen LogP contribution in [0.5, 0.6) is 0 Å². The molecule has 0 saturated heterocycles. The zero-order chi connectivity index (χ0) is 23.1. The lowest BCUT2D eigenvalue weighted by Gasteiger charge is -2.15. The fraction of sp³-hybridized carbons (Fsp3) is 0.273. The third-order valence-electron chi connectivity index (χ3n) is 4.74. The molecule has 0 atom stereocenters. The van der Waals surface area contributed by atoms with Crippen LogP contribution in [0, 0.1) is 0 Å². The van der Waals surface area contributed by atoms with E-state index in [1.54, 1.807) is 24.1 Å². The molecule has 0 fully saturated rings. The number of benzene rings is 2. The SMILES string of the molecule is CN(Cc1ccc(C2=NCCN2)cc1)C(=O)/C=C/CNCS(=O)(=O)c1c(Cl)cccc1Cl. The Morgan fingerprint density at radius 2 is 1.88 bits per heavy atom. The van der Waals surface area contributed by atoms with Crippen molar-refractivity contribution in [2.45, 2.75) is 11.4 Å². The summed E-state index contributed by atoms with van der Waals surface area (Å²) in [6.07, 6.45) is 2.99. The highest BCUT2D eigenvalue weighted by Crippen LogP contribution is 2.29. The van der Waals surface area contributed by atoms with Crippen LogP contribution in [0.1, 0.15) is 11.1 Å². The Hall–Kier alpha value is -2.39. The van der Waals surface area contributed by atoms with Gasteiger partial charge in [-0.25, -0.2) is 8.42 Å². The van der Waals surface area contributed by atoms with Crippen LogP contribution in [0.4, 0.5) is 0 Å². The summed E-state index contributed by atoms with van der Waals surface area (Å²) >= 11 is 11.9. The number of carbonyl (C=O) groups is 1. The normalized spacial score (nSPS) is 13.8. The molecular weight excluding hydrogens is 471 g/mol. The maximum absolute atomic E-state index is 12.4. The number of likely N-dealkylation sites (N-methyl/N-ethyl adjacent to an activating group) is 1. The van der Waals surface area contributed by atoms with Gasteiger partial charge < -0.3 is 10.2 Å². The molecule has 2 aromatic rings. The molecule has 1 amide bonds. The number of carbonyl (C=O) groups excluding carboxylic acids is 1. The highest BCUT2D eigenvalue weighted by molar-refractivity contribution is 7.91. The fourth-order valence-corrected chi connectivity index (χ4v) is 5.49. The number of amidine groups is 1. The van der Waals surface area contributed by atoms with Gasteiger partial charge in [0, 0.05) is 38.3 Å². The number of rotatable bonds is 9. The van der Waals surface area contributed by atoms with Gasteiger partial charge in [0.15, 0.2) is 9.84 Å². The maximum atomic E-state index is 12.4. The third-order valence-corrected chi connectivity index (χ3v) is 7.24. The smallest absolute Gasteiger partial charge is 0.246 e. The Morgan fingerprint density at radius 1 is 1.19 bits per heavy atom. The molecule has 0 bridgehead atoms. The van der Waals surface area contributed by atoms with E-state index in [0.29, 0.717) is 6.54 Å². The van der Waals surface area contributed by atoms with Crippen molar-refractivity contribution < 1.29 is 13.2 Å². The van der Waals surface area contributed by atoms with Gasteiger partial charge in [-0.15, -0.1) is 0 Å². The number of halogens is 2. The summed E-state index contributed by atoms with van der Waals surface area (Å²) in [5.41, 5.74) is 2.02. The molecule has 2 N–H and O–H groups in total. The minimum Gasteiger partial charge on any atom is -0.368 e. The van der Waals surface area contributed by atoms with E-state index in [1.165, 1.54) is 18.2 Å². The number of nitrogens with zero attached hydrogens (tertiary/aromatic N) is 2. The Morgan fingerprint density at radius 3 is 2.50 bits per heavy atom. The summed E-state index contributed by atoms with van der Waals surface area (Å²) in [6, 6.07) is 12.4. The van der Waals surface area contributed by atoms with E-state index in [9.17, 15) is 13.2 Å². The lowest BCUT2D eigenvalue weighted by atomic mass is 10.1. The summed E-state index contributed by atoms with van der Waals surface area (Å²) in [6.45, 7) is 2.30.